The van der Waals surface area contributed by atoms with Gasteiger partial charge in [-0.1, -0.05) is 26.2 Å². The Hall–Kier alpha value is -0.533. The summed E-state index contributed by atoms with van der Waals surface area (Å²) < 4.78 is 119. The van der Waals surface area contributed by atoms with Crippen molar-refractivity contribution in [3.05, 3.63) is 0 Å². The van der Waals surface area contributed by atoms with E-state index in [-0.39, 0.29) is 6.42 Å². The summed E-state index contributed by atoms with van der Waals surface area (Å²) in [6.45, 7) is 1.69. The van der Waals surface area contributed by atoms with E-state index < -0.39 is 40.4 Å². The molecule has 0 aromatic rings. The van der Waals surface area contributed by atoms with Gasteiger partial charge in [0, 0.05) is 6.04 Å². The van der Waals surface area contributed by atoms with Gasteiger partial charge in [0.1, 0.15) is 0 Å². The first kappa shape index (κ1) is 21.5. The molecular weight excluding hydrogens is 355 g/mol. The van der Waals surface area contributed by atoms with Gasteiger partial charge in [-0.25, -0.2) is 0 Å². The molecule has 0 bridgehead atoms. The number of hydrogen-bond donors (Lipinski definition) is 0. The molecule has 0 aromatic heterocycles. The number of unbranched alkanes of at least 4 members (excludes halogenated alkanes) is 3. The lowest BCUT2D eigenvalue weighted by atomic mass is 10.2. The molecular formula is C9H13F9O3Si. The SMILES string of the molecule is CCCCCC[Si](OC(F)(F)F)(OC(F)(F)F)OC(F)(F)F. The highest BCUT2D eigenvalue weighted by Gasteiger charge is 2.61. The minimum absolute atomic E-state index is 0.106. The quantitative estimate of drug-likeness (QED) is 0.338. The summed E-state index contributed by atoms with van der Waals surface area (Å²) in [4.78, 5) is 0. The molecule has 0 fully saturated rings. The fourth-order valence-electron chi connectivity index (χ4n) is 1.51. The Balaban J connectivity index is 5.30. The van der Waals surface area contributed by atoms with Crippen molar-refractivity contribution < 1.29 is 52.8 Å². The van der Waals surface area contributed by atoms with Gasteiger partial charge in [-0.2, -0.15) is 0 Å². The zero-order valence-corrected chi connectivity index (χ0v) is 12.2. The van der Waals surface area contributed by atoms with Crippen molar-refractivity contribution >= 4 is 8.80 Å². The zero-order chi connectivity index (χ0) is 17.7. The lowest BCUT2D eigenvalue weighted by Gasteiger charge is -2.31. The first-order chi connectivity index (χ1) is 9.68. The van der Waals surface area contributed by atoms with E-state index in [1.807, 2.05) is 0 Å². The molecule has 0 aliphatic heterocycles. The molecule has 0 aliphatic rings. The van der Waals surface area contributed by atoms with Crippen molar-refractivity contribution in [1.29, 1.82) is 0 Å². The molecule has 0 atom stereocenters. The molecule has 3 nitrogen and oxygen atoms in total. The van der Waals surface area contributed by atoms with E-state index in [0.717, 1.165) is 0 Å². The fourth-order valence-corrected chi connectivity index (χ4v) is 3.68. The predicted molar refractivity (Wildman–Crippen MR) is 56.1 cm³/mol. The van der Waals surface area contributed by atoms with E-state index in [1.165, 1.54) is 0 Å². The second kappa shape index (κ2) is 7.83. The van der Waals surface area contributed by atoms with E-state index in [9.17, 15) is 39.5 Å². The van der Waals surface area contributed by atoms with Gasteiger partial charge in [0.25, 0.3) is 0 Å². The largest absolute Gasteiger partial charge is 0.520 e. The minimum Gasteiger partial charge on any atom is -0.284 e. The summed E-state index contributed by atoms with van der Waals surface area (Å²) in [5, 5.41) is 0. The Bertz CT molecular complexity index is 285. The molecule has 134 valence electrons. The van der Waals surface area contributed by atoms with E-state index >= 15 is 0 Å². The van der Waals surface area contributed by atoms with E-state index in [0.29, 0.717) is 12.8 Å². The average Bonchev–Trinajstić information content (AvgIpc) is 2.16. The van der Waals surface area contributed by atoms with Gasteiger partial charge < -0.3 is 0 Å². The van der Waals surface area contributed by atoms with Crippen LogP contribution in [0.1, 0.15) is 32.6 Å². The van der Waals surface area contributed by atoms with Crippen LogP contribution >= 0.6 is 0 Å². The monoisotopic (exact) mass is 368 g/mol. The number of halogens is 9. The Morgan fingerprint density at radius 3 is 1.27 bits per heavy atom. The topological polar surface area (TPSA) is 27.7 Å². The van der Waals surface area contributed by atoms with E-state index in [4.69, 9.17) is 0 Å². The van der Waals surface area contributed by atoms with Crippen molar-refractivity contribution in [2.75, 3.05) is 0 Å². The number of hydrogen-bond acceptors (Lipinski definition) is 3. The molecule has 13 heteroatoms. The van der Waals surface area contributed by atoms with Crippen LogP contribution < -0.4 is 0 Å². The molecule has 0 aliphatic carbocycles. The Morgan fingerprint density at radius 1 is 0.636 bits per heavy atom. The Morgan fingerprint density at radius 2 is 1.00 bits per heavy atom. The van der Waals surface area contributed by atoms with E-state index in [1.54, 1.807) is 6.92 Å². The average molecular weight is 368 g/mol. The van der Waals surface area contributed by atoms with Crippen molar-refractivity contribution in [2.45, 2.75) is 57.7 Å². The lowest BCUT2D eigenvalue weighted by Crippen LogP contribution is -2.55. The third-order valence-electron chi connectivity index (χ3n) is 2.15. The summed E-state index contributed by atoms with van der Waals surface area (Å²) >= 11 is 0. The van der Waals surface area contributed by atoms with Gasteiger partial charge in [-0.05, 0) is 6.42 Å². The summed E-state index contributed by atoms with van der Waals surface area (Å²) in [6.07, 6.45) is -16.6. The molecule has 22 heavy (non-hydrogen) atoms. The second-order valence-corrected chi connectivity index (χ2v) is 6.62. The van der Waals surface area contributed by atoms with Gasteiger partial charge in [0.2, 0.25) is 0 Å². The highest BCUT2D eigenvalue weighted by molar-refractivity contribution is 6.60. The Kier molecular flexibility index (Phi) is 7.64. The summed E-state index contributed by atoms with van der Waals surface area (Å²) in [5.41, 5.74) is 0. The molecule has 0 heterocycles. The highest BCUT2D eigenvalue weighted by Crippen LogP contribution is 2.37. The number of alkyl halides is 9. The molecule has 0 saturated carbocycles. The summed E-state index contributed by atoms with van der Waals surface area (Å²) in [6, 6.07) is -1.27. The standard InChI is InChI=1S/C9H13F9O3Si/c1-2-3-4-5-6-22(19-7(10,11)12,20-8(13,14)15)21-9(16,17)18/h2-6H2,1H3. The van der Waals surface area contributed by atoms with Crippen LogP contribution in [-0.2, 0) is 13.3 Å². The van der Waals surface area contributed by atoms with Gasteiger partial charge >= 0.3 is 27.9 Å². The van der Waals surface area contributed by atoms with Crippen molar-refractivity contribution in [3.8, 4) is 0 Å². The highest BCUT2D eigenvalue weighted by atomic mass is 28.4. The molecule has 0 rings (SSSR count). The van der Waals surface area contributed by atoms with Crippen LogP contribution in [0.2, 0.25) is 6.04 Å². The van der Waals surface area contributed by atoms with Crippen LogP contribution in [0.15, 0.2) is 0 Å². The fraction of sp³-hybridized carbons (Fsp3) is 1.00. The molecule has 0 amide bonds. The third-order valence-corrected chi connectivity index (χ3v) is 4.74. The van der Waals surface area contributed by atoms with Gasteiger partial charge in [-0.3, -0.25) is 13.3 Å². The molecule has 0 radical (unpaired) electrons. The maximum Gasteiger partial charge on any atom is 0.520 e. The molecule has 0 aromatic carbocycles. The maximum absolute atomic E-state index is 12.2. The zero-order valence-electron chi connectivity index (χ0n) is 11.2. The van der Waals surface area contributed by atoms with Crippen LogP contribution in [0.5, 0.6) is 0 Å². The predicted octanol–water partition coefficient (Wildman–Crippen LogP) is 5.11. The third kappa shape index (κ3) is 11.1. The van der Waals surface area contributed by atoms with Gasteiger partial charge in [-0.15, -0.1) is 39.5 Å². The molecule has 0 unspecified atom stereocenters. The summed E-state index contributed by atoms with van der Waals surface area (Å²) in [5.74, 6) is 0. The number of rotatable bonds is 8. The van der Waals surface area contributed by atoms with Gasteiger partial charge in [0.15, 0.2) is 0 Å². The van der Waals surface area contributed by atoms with Crippen molar-refractivity contribution in [1.82, 2.24) is 0 Å². The van der Waals surface area contributed by atoms with Gasteiger partial charge in [0.05, 0.1) is 0 Å². The van der Waals surface area contributed by atoms with E-state index in [2.05, 4.69) is 13.3 Å². The van der Waals surface area contributed by atoms with Crippen molar-refractivity contribution in [3.63, 3.8) is 0 Å². The second-order valence-electron chi connectivity index (χ2n) is 4.14. The van der Waals surface area contributed by atoms with Crippen LogP contribution in [0.4, 0.5) is 39.5 Å². The van der Waals surface area contributed by atoms with Crippen LogP contribution in [0, 0.1) is 0 Å². The van der Waals surface area contributed by atoms with Crippen molar-refractivity contribution in [2.24, 2.45) is 0 Å². The smallest absolute Gasteiger partial charge is 0.284 e. The minimum atomic E-state index is -6.13. The molecule has 0 saturated heterocycles. The van der Waals surface area contributed by atoms with Crippen LogP contribution in [0.3, 0.4) is 0 Å². The first-order valence-corrected chi connectivity index (χ1v) is 7.92. The summed E-state index contributed by atoms with van der Waals surface area (Å²) in [7, 11) is -6.13. The molecule has 0 spiro atoms. The lowest BCUT2D eigenvalue weighted by molar-refractivity contribution is -0.366. The maximum atomic E-state index is 12.2. The normalized spacial score (nSPS) is 14.5. The molecule has 0 N–H and O–H groups in total. The van der Waals surface area contributed by atoms with Crippen LogP contribution in [0.25, 0.3) is 0 Å². The van der Waals surface area contributed by atoms with Crippen LogP contribution in [-0.4, -0.2) is 27.9 Å². The first-order valence-electron chi connectivity index (χ1n) is 5.99. The Labute approximate surface area is 120 Å².